The SMILES string of the molecule is CCN(CC)C(C)(C)C(Cc1ccc(F)cc1Cl)NN. The van der Waals surface area contributed by atoms with Crippen LogP contribution in [0.15, 0.2) is 18.2 Å². The molecule has 1 aromatic carbocycles. The molecule has 1 unspecified atom stereocenters. The van der Waals surface area contributed by atoms with Gasteiger partial charge in [-0.05, 0) is 51.1 Å². The molecule has 20 heavy (non-hydrogen) atoms. The third-order valence-corrected chi connectivity index (χ3v) is 4.42. The van der Waals surface area contributed by atoms with Crippen LogP contribution in [0.5, 0.6) is 0 Å². The average molecular weight is 302 g/mol. The van der Waals surface area contributed by atoms with Crippen molar-refractivity contribution in [3.05, 3.63) is 34.6 Å². The van der Waals surface area contributed by atoms with E-state index in [0.717, 1.165) is 18.7 Å². The molecule has 0 aliphatic rings. The molecule has 0 heterocycles. The van der Waals surface area contributed by atoms with Gasteiger partial charge in [-0.3, -0.25) is 16.2 Å². The van der Waals surface area contributed by atoms with Gasteiger partial charge in [0.2, 0.25) is 0 Å². The largest absolute Gasteiger partial charge is 0.297 e. The third kappa shape index (κ3) is 3.92. The van der Waals surface area contributed by atoms with Crippen LogP contribution in [0.4, 0.5) is 4.39 Å². The molecule has 1 atom stereocenters. The number of rotatable bonds is 7. The Hall–Kier alpha value is -0.680. The van der Waals surface area contributed by atoms with Crippen LogP contribution < -0.4 is 11.3 Å². The van der Waals surface area contributed by atoms with Crippen molar-refractivity contribution >= 4 is 11.6 Å². The van der Waals surface area contributed by atoms with Crippen molar-refractivity contribution in [3.63, 3.8) is 0 Å². The molecule has 3 N–H and O–H groups in total. The van der Waals surface area contributed by atoms with Crippen molar-refractivity contribution in [2.75, 3.05) is 13.1 Å². The summed E-state index contributed by atoms with van der Waals surface area (Å²) in [6.07, 6.45) is 0.652. The van der Waals surface area contributed by atoms with Gasteiger partial charge in [0.05, 0.1) is 0 Å². The molecule has 0 spiro atoms. The summed E-state index contributed by atoms with van der Waals surface area (Å²) in [6.45, 7) is 10.5. The Bertz CT molecular complexity index is 433. The van der Waals surface area contributed by atoms with Crippen molar-refractivity contribution in [1.82, 2.24) is 10.3 Å². The van der Waals surface area contributed by atoms with Crippen LogP contribution in [0, 0.1) is 5.82 Å². The number of nitrogens with zero attached hydrogens (tertiary/aromatic N) is 1. The van der Waals surface area contributed by atoms with Crippen LogP contribution in [-0.2, 0) is 6.42 Å². The fourth-order valence-electron chi connectivity index (χ4n) is 2.68. The minimum absolute atomic E-state index is 0.0189. The third-order valence-electron chi connectivity index (χ3n) is 4.07. The van der Waals surface area contributed by atoms with Crippen molar-refractivity contribution in [3.8, 4) is 0 Å². The second-order valence-corrected chi connectivity index (χ2v) is 5.89. The molecule has 0 radical (unpaired) electrons. The molecule has 1 rings (SSSR count). The van der Waals surface area contributed by atoms with E-state index in [0.29, 0.717) is 11.4 Å². The van der Waals surface area contributed by atoms with Crippen molar-refractivity contribution in [2.24, 2.45) is 5.84 Å². The second kappa shape index (κ2) is 7.36. The molecule has 0 aliphatic heterocycles. The van der Waals surface area contributed by atoms with E-state index in [9.17, 15) is 4.39 Å². The summed E-state index contributed by atoms with van der Waals surface area (Å²) in [6, 6.07) is 4.51. The zero-order chi connectivity index (χ0) is 15.3. The first-order chi connectivity index (χ1) is 9.36. The normalized spacial score (nSPS) is 13.8. The van der Waals surface area contributed by atoms with E-state index in [1.54, 1.807) is 6.07 Å². The molecule has 0 amide bonds. The molecule has 5 heteroatoms. The predicted octanol–water partition coefficient (Wildman–Crippen LogP) is 2.97. The molecular weight excluding hydrogens is 277 g/mol. The van der Waals surface area contributed by atoms with Crippen molar-refractivity contribution in [2.45, 2.75) is 45.7 Å². The van der Waals surface area contributed by atoms with Crippen LogP contribution in [0.3, 0.4) is 0 Å². The lowest BCUT2D eigenvalue weighted by Crippen LogP contribution is -2.60. The molecule has 0 aliphatic carbocycles. The highest BCUT2D eigenvalue weighted by atomic mass is 35.5. The summed E-state index contributed by atoms with van der Waals surface area (Å²) < 4.78 is 13.1. The van der Waals surface area contributed by atoms with Crippen molar-refractivity contribution < 1.29 is 4.39 Å². The standard InChI is InChI=1S/C15H25ClFN3/c1-5-20(6-2)15(3,4)14(19-18)9-11-7-8-12(17)10-13(11)16/h7-8,10,14,19H,5-6,9,18H2,1-4H3. The summed E-state index contributed by atoms with van der Waals surface area (Å²) in [4.78, 5) is 2.34. The maximum atomic E-state index is 13.1. The van der Waals surface area contributed by atoms with E-state index < -0.39 is 0 Å². The number of hydrogen-bond acceptors (Lipinski definition) is 3. The minimum atomic E-state index is -0.320. The molecule has 0 saturated heterocycles. The molecule has 0 aromatic heterocycles. The Morgan fingerprint density at radius 1 is 1.35 bits per heavy atom. The lowest BCUT2D eigenvalue weighted by molar-refractivity contribution is 0.0912. The Morgan fingerprint density at radius 2 is 1.95 bits per heavy atom. The van der Waals surface area contributed by atoms with E-state index in [1.807, 2.05) is 0 Å². The fraction of sp³-hybridized carbons (Fsp3) is 0.600. The highest BCUT2D eigenvalue weighted by molar-refractivity contribution is 6.31. The van der Waals surface area contributed by atoms with Gasteiger partial charge in [-0.1, -0.05) is 31.5 Å². The number of likely N-dealkylation sites (N-methyl/N-ethyl adjacent to an activating group) is 1. The smallest absolute Gasteiger partial charge is 0.124 e. The van der Waals surface area contributed by atoms with Crippen LogP contribution in [0.2, 0.25) is 5.02 Å². The van der Waals surface area contributed by atoms with Crippen LogP contribution in [0.25, 0.3) is 0 Å². The van der Waals surface area contributed by atoms with Crippen molar-refractivity contribution in [1.29, 1.82) is 0 Å². The Balaban J connectivity index is 2.96. The zero-order valence-electron chi connectivity index (χ0n) is 12.7. The van der Waals surface area contributed by atoms with Crippen LogP contribution in [-0.4, -0.2) is 29.6 Å². The van der Waals surface area contributed by atoms with Gasteiger partial charge in [-0.2, -0.15) is 0 Å². The summed E-state index contributed by atoms with van der Waals surface area (Å²) >= 11 is 6.11. The van der Waals surface area contributed by atoms with Gasteiger partial charge >= 0.3 is 0 Å². The Morgan fingerprint density at radius 3 is 2.40 bits per heavy atom. The quantitative estimate of drug-likeness (QED) is 0.601. The van der Waals surface area contributed by atoms with Gasteiger partial charge in [0, 0.05) is 16.6 Å². The Kier molecular flexibility index (Phi) is 6.40. The minimum Gasteiger partial charge on any atom is -0.297 e. The van der Waals surface area contributed by atoms with Gasteiger partial charge < -0.3 is 0 Å². The van der Waals surface area contributed by atoms with Gasteiger partial charge in [-0.25, -0.2) is 4.39 Å². The summed E-state index contributed by atoms with van der Waals surface area (Å²) in [7, 11) is 0. The van der Waals surface area contributed by atoms with E-state index in [4.69, 9.17) is 17.4 Å². The number of hydrazine groups is 1. The second-order valence-electron chi connectivity index (χ2n) is 5.49. The Labute approximate surface area is 126 Å². The number of hydrogen-bond donors (Lipinski definition) is 2. The summed E-state index contributed by atoms with van der Waals surface area (Å²) in [5, 5.41) is 0.445. The molecular formula is C15H25ClFN3. The zero-order valence-corrected chi connectivity index (χ0v) is 13.5. The molecule has 0 fully saturated rings. The van der Waals surface area contributed by atoms with E-state index >= 15 is 0 Å². The number of nitrogens with one attached hydrogen (secondary N) is 1. The molecule has 3 nitrogen and oxygen atoms in total. The summed E-state index contributed by atoms with van der Waals surface area (Å²) in [5.74, 6) is 5.42. The molecule has 0 saturated carbocycles. The number of benzene rings is 1. The monoisotopic (exact) mass is 301 g/mol. The average Bonchev–Trinajstić information content (AvgIpc) is 2.38. The topological polar surface area (TPSA) is 41.3 Å². The lowest BCUT2D eigenvalue weighted by Gasteiger charge is -2.43. The maximum Gasteiger partial charge on any atom is 0.124 e. The highest BCUT2D eigenvalue weighted by Gasteiger charge is 2.33. The summed E-state index contributed by atoms with van der Waals surface area (Å²) in [5.41, 5.74) is 3.66. The molecule has 1 aromatic rings. The van der Waals surface area contributed by atoms with E-state index in [1.165, 1.54) is 12.1 Å². The molecule has 0 bridgehead atoms. The first-order valence-electron chi connectivity index (χ1n) is 7.01. The van der Waals surface area contributed by atoms with E-state index in [-0.39, 0.29) is 17.4 Å². The highest BCUT2D eigenvalue weighted by Crippen LogP contribution is 2.25. The van der Waals surface area contributed by atoms with E-state index in [2.05, 4.69) is 38.0 Å². The predicted molar refractivity (Wildman–Crippen MR) is 83.2 cm³/mol. The lowest BCUT2D eigenvalue weighted by atomic mass is 9.87. The van der Waals surface area contributed by atoms with Crippen LogP contribution >= 0.6 is 11.6 Å². The fourth-order valence-corrected chi connectivity index (χ4v) is 2.92. The number of nitrogens with two attached hydrogens (primary N) is 1. The first-order valence-corrected chi connectivity index (χ1v) is 7.39. The maximum absolute atomic E-state index is 13.1. The van der Waals surface area contributed by atoms with Gasteiger partial charge in [-0.15, -0.1) is 0 Å². The number of halogens is 2. The molecule has 114 valence electrons. The first kappa shape index (κ1) is 17.4. The van der Waals surface area contributed by atoms with Gasteiger partial charge in [0.15, 0.2) is 0 Å². The van der Waals surface area contributed by atoms with Gasteiger partial charge in [0.25, 0.3) is 0 Å². The van der Waals surface area contributed by atoms with Gasteiger partial charge in [0.1, 0.15) is 5.82 Å². The van der Waals surface area contributed by atoms with Crippen LogP contribution in [0.1, 0.15) is 33.3 Å².